The van der Waals surface area contributed by atoms with E-state index < -0.39 is 0 Å². The largest absolute Gasteiger partial charge is 0.464 e. The Hall–Kier alpha value is -2.09. The number of rotatable bonds is 2. The molecule has 2 aromatic carbocycles. The summed E-state index contributed by atoms with van der Waals surface area (Å²) >= 11 is 0. The molecule has 0 bridgehead atoms. The van der Waals surface area contributed by atoms with Gasteiger partial charge in [0, 0.05) is 17.7 Å². The maximum absolute atomic E-state index is 6.01. The monoisotopic (exact) mass is 237 g/mol. The van der Waals surface area contributed by atoms with Crippen LogP contribution in [-0.4, -0.2) is 12.4 Å². The van der Waals surface area contributed by atoms with E-state index >= 15 is 0 Å². The number of fused-ring (bicyclic) bond motifs is 1. The zero-order valence-corrected chi connectivity index (χ0v) is 10.3. The van der Waals surface area contributed by atoms with E-state index in [1.807, 2.05) is 37.3 Å². The van der Waals surface area contributed by atoms with Gasteiger partial charge in [-0.05, 0) is 18.6 Å². The molecule has 2 heteroatoms. The number of hydrogen-bond acceptors (Lipinski definition) is 2. The smallest absolute Gasteiger partial charge is 0.217 e. The first kappa shape index (κ1) is 11.0. The molecule has 90 valence electrons. The van der Waals surface area contributed by atoms with Gasteiger partial charge in [-0.2, -0.15) is 0 Å². The third-order valence-corrected chi connectivity index (χ3v) is 3.11. The van der Waals surface area contributed by atoms with Crippen molar-refractivity contribution in [1.82, 2.24) is 0 Å². The van der Waals surface area contributed by atoms with E-state index in [9.17, 15) is 0 Å². The summed E-state index contributed by atoms with van der Waals surface area (Å²) in [6.07, 6.45) is -0.0206. The maximum atomic E-state index is 6.01. The minimum absolute atomic E-state index is 0.0206. The van der Waals surface area contributed by atoms with Crippen LogP contribution in [0.4, 0.5) is 0 Å². The number of ether oxygens (including phenoxy) is 1. The van der Waals surface area contributed by atoms with Crippen molar-refractivity contribution in [1.29, 1.82) is 0 Å². The molecule has 1 aliphatic heterocycles. The van der Waals surface area contributed by atoms with Gasteiger partial charge in [0.2, 0.25) is 5.90 Å². The van der Waals surface area contributed by atoms with Crippen LogP contribution in [0.15, 0.2) is 59.6 Å². The van der Waals surface area contributed by atoms with Gasteiger partial charge in [-0.1, -0.05) is 48.5 Å². The van der Waals surface area contributed by atoms with E-state index in [-0.39, 0.29) is 6.10 Å². The molecule has 0 N–H and O–H groups in total. The van der Waals surface area contributed by atoms with Crippen LogP contribution >= 0.6 is 0 Å². The first-order chi connectivity index (χ1) is 8.90. The standard InChI is InChI=1S/C16H15NO/c1-2-17-16-14-11-7-6-10-13(14)15(18-16)12-8-4-3-5-9-12/h3-11,15H,2H2,1H3. The molecule has 1 heterocycles. The zero-order valence-electron chi connectivity index (χ0n) is 10.3. The predicted molar refractivity (Wildman–Crippen MR) is 72.9 cm³/mol. The fourth-order valence-corrected chi connectivity index (χ4v) is 2.30. The highest BCUT2D eigenvalue weighted by Gasteiger charge is 2.29. The number of hydrogen-bond donors (Lipinski definition) is 0. The normalized spacial score (nSPS) is 19.6. The maximum Gasteiger partial charge on any atom is 0.217 e. The Bertz CT molecular complexity index is 575. The molecule has 0 spiro atoms. The molecule has 18 heavy (non-hydrogen) atoms. The second kappa shape index (κ2) is 4.65. The van der Waals surface area contributed by atoms with Gasteiger partial charge in [0.15, 0.2) is 6.10 Å². The first-order valence-electron chi connectivity index (χ1n) is 6.25. The fraction of sp³-hybridized carbons (Fsp3) is 0.188. The second-order valence-electron chi connectivity index (χ2n) is 4.28. The molecule has 2 nitrogen and oxygen atoms in total. The molecular weight excluding hydrogens is 222 g/mol. The van der Waals surface area contributed by atoms with Crippen molar-refractivity contribution in [3.8, 4) is 0 Å². The van der Waals surface area contributed by atoms with E-state index in [0.29, 0.717) is 0 Å². The molecule has 0 radical (unpaired) electrons. The summed E-state index contributed by atoms with van der Waals surface area (Å²) in [7, 11) is 0. The molecule has 1 atom stereocenters. The Balaban J connectivity index is 2.08. The lowest BCUT2D eigenvalue weighted by molar-refractivity contribution is 0.251. The summed E-state index contributed by atoms with van der Waals surface area (Å²) in [6.45, 7) is 2.76. The first-order valence-corrected chi connectivity index (χ1v) is 6.25. The molecule has 2 aromatic rings. The highest BCUT2D eigenvalue weighted by atomic mass is 16.5. The number of benzene rings is 2. The van der Waals surface area contributed by atoms with Crippen molar-refractivity contribution in [2.45, 2.75) is 13.0 Å². The van der Waals surface area contributed by atoms with Crippen LogP contribution in [-0.2, 0) is 4.74 Å². The van der Waals surface area contributed by atoms with Crippen molar-refractivity contribution >= 4 is 5.90 Å². The van der Waals surface area contributed by atoms with Gasteiger partial charge in [0.1, 0.15) is 0 Å². The minimum atomic E-state index is -0.0206. The van der Waals surface area contributed by atoms with Crippen LogP contribution in [0.5, 0.6) is 0 Å². The van der Waals surface area contributed by atoms with Gasteiger partial charge in [-0.25, -0.2) is 0 Å². The van der Waals surface area contributed by atoms with Crippen LogP contribution in [0.2, 0.25) is 0 Å². The van der Waals surface area contributed by atoms with Crippen molar-refractivity contribution in [3.63, 3.8) is 0 Å². The van der Waals surface area contributed by atoms with Gasteiger partial charge < -0.3 is 4.74 Å². The molecule has 1 aliphatic rings. The Morgan fingerprint density at radius 3 is 2.50 bits per heavy atom. The van der Waals surface area contributed by atoms with Crippen LogP contribution in [0.1, 0.15) is 29.7 Å². The number of nitrogens with zero attached hydrogens (tertiary/aromatic N) is 1. The van der Waals surface area contributed by atoms with Gasteiger partial charge in [0.25, 0.3) is 0 Å². The zero-order chi connectivity index (χ0) is 12.4. The van der Waals surface area contributed by atoms with Gasteiger partial charge in [-0.15, -0.1) is 0 Å². The summed E-state index contributed by atoms with van der Waals surface area (Å²) in [5, 5.41) is 0. The predicted octanol–water partition coefficient (Wildman–Crippen LogP) is 3.57. The lowest BCUT2D eigenvalue weighted by Gasteiger charge is -2.11. The van der Waals surface area contributed by atoms with Crippen LogP contribution in [0, 0.1) is 0 Å². The van der Waals surface area contributed by atoms with E-state index in [1.165, 1.54) is 11.1 Å². The molecule has 0 saturated heterocycles. The average molecular weight is 237 g/mol. The van der Waals surface area contributed by atoms with Gasteiger partial charge in [0.05, 0.1) is 0 Å². The third kappa shape index (κ3) is 1.80. The minimum Gasteiger partial charge on any atom is -0.464 e. The molecule has 3 rings (SSSR count). The fourth-order valence-electron chi connectivity index (χ4n) is 2.30. The Morgan fingerprint density at radius 1 is 1.00 bits per heavy atom. The molecular formula is C16H15NO. The summed E-state index contributed by atoms with van der Waals surface area (Å²) < 4.78 is 6.01. The van der Waals surface area contributed by atoms with E-state index in [0.717, 1.165) is 18.0 Å². The summed E-state index contributed by atoms with van der Waals surface area (Å²) in [5.74, 6) is 0.766. The van der Waals surface area contributed by atoms with Crippen LogP contribution in [0.3, 0.4) is 0 Å². The van der Waals surface area contributed by atoms with Crippen molar-refractivity contribution < 1.29 is 4.74 Å². The molecule has 0 aromatic heterocycles. The van der Waals surface area contributed by atoms with Gasteiger partial charge >= 0.3 is 0 Å². The second-order valence-corrected chi connectivity index (χ2v) is 4.28. The number of aliphatic imine (C=N–C) groups is 1. The lowest BCUT2D eigenvalue weighted by atomic mass is 9.99. The molecule has 0 aliphatic carbocycles. The third-order valence-electron chi connectivity index (χ3n) is 3.11. The SMILES string of the molecule is CCN=C1OC(c2ccccc2)c2ccccc21. The molecule has 1 unspecified atom stereocenters. The van der Waals surface area contributed by atoms with E-state index in [1.54, 1.807) is 0 Å². The van der Waals surface area contributed by atoms with E-state index in [4.69, 9.17) is 4.74 Å². The average Bonchev–Trinajstić information content (AvgIpc) is 2.80. The van der Waals surface area contributed by atoms with Crippen LogP contribution in [0.25, 0.3) is 0 Å². The molecule has 0 fully saturated rings. The quantitative estimate of drug-likeness (QED) is 0.782. The Kier molecular flexibility index (Phi) is 2.85. The summed E-state index contributed by atoms with van der Waals surface area (Å²) in [6, 6.07) is 18.6. The van der Waals surface area contributed by atoms with Crippen molar-refractivity contribution in [2.24, 2.45) is 4.99 Å². The highest BCUT2D eigenvalue weighted by molar-refractivity contribution is 5.98. The lowest BCUT2D eigenvalue weighted by Crippen LogP contribution is -2.02. The Labute approximate surface area is 107 Å². The topological polar surface area (TPSA) is 21.6 Å². The molecule has 0 amide bonds. The highest BCUT2D eigenvalue weighted by Crippen LogP contribution is 2.35. The van der Waals surface area contributed by atoms with Crippen molar-refractivity contribution in [2.75, 3.05) is 6.54 Å². The molecule has 0 saturated carbocycles. The van der Waals surface area contributed by atoms with Crippen LogP contribution < -0.4 is 0 Å². The van der Waals surface area contributed by atoms with E-state index in [2.05, 4.69) is 29.3 Å². The van der Waals surface area contributed by atoms with Crippen molar-refractivity contribution in [3.05, 3.63) is 71.3 Å². The summed E-state index contributed by atoms with van der Waals surface area (Å²) in [4.78, 5) is 4.44. The van der Waals surface area contributed by atoms with Gasteiger partial charge in [-0.3, -0.25) is 4.99 Å². The Morgan fingerprint density at radius 2 is 1.72 bits per heavy atom. The summed E-state index contributed by atoms with van der Waals surface area (Å²) in [5.41, 5.74) is 3.50.